The van der Waals surface area contributed by atoms with Gasteiger partial charge in [-0.1, -0.05) is 11.8 Å². The molecular formula is C14H17NO3. The highest BCUT2D eigenvalue weighted by molar-refractivity contribution is 5.72. The zero-order valence-corrected chi connectivity index (χ0v) is 10.4. The van der Waals surface area contributed by atoms with Crippen molar-refractivity contribution in [2.24, 2.45) is 0 Å². The third-order valence-electron chi connectivity index (χ3n) is 2.07. The van der Waals surface area contributed by atoms with E-state index >= 15 is 0 Å². The van der Waals surface area contributed by atoms with Crippen LogP contribution in [0, 0.1) is 11.8 Å². The number of amides is 1. The fourth-order valence-corrected chi connectivity index (χ4v) is 1.26. The van der Waals surface area contributed by atoms with Crippen LogP contribution in [0.25, 0.3) is 0 Å². The Balaban J connectivity index is 2.38. The van der Waals surface area contributed by atoms with Crippen LogP contribution >= 0.6 is 0 Å². The van der Waals surface area contributed by atoms with E-state index in [1.165, 1.54) is 6.92 Å². The highest BCUT2D eigenvalue weighted by atomic mass is 16.5. The summed E-state index contributed by atoms with van der Waals surface area (Å²) in [5.74, 6) is 6.65. The first-order valence-electron chi connectivity index (χ1n) is 5.79. The lowest BCUT2D eigenvalue weighted by Gasteiger charge is -2.02. The average molecular weight is 247 g/mol. The smallest absolute Gasteiger partial charge is 0.216 e. The number of hydrogen-bond donors (Lipinski definition) is 2. The van der Waals surface area contributed by atoms with E-state index in [1.54, 1.807) is 0 Å². The molecule has 0 aliphatic heterocycles. The number of aliphatic hydroxyl groups is 1. The molecule has 0 saturated carbocycles. The molecule has 1 amide bonds. The van der Waals surface area contributed by atoms with Gasteiger partial charge in [-0.2, -0.15) is 0 Å². The van der Waals surface area contributed by atoms with Crippen molar-refractivity contribution in [2.75, 3.05) is 19.8 Å². The zero-order valence-electron chi connectivity index (χ0n) is 10.4. The largest absolute Gasteiger partial charge is 0.491 e. The molecule has 0 heterocycles. The maximum absolute atomic E-state index is 10.6. The van der Waals surface area contributed by atoms with Crippen molar-refractivity contribution in [3.05, 3.63) is 29.8 Å². The molecule has 0 fully saturated rings. The summed E-state index contributed by atoms with van der Waals surface area (Å²) >= 11 is 0. The molecule has 96 valence electrons. The number of nitrogens with one attached hydrogen (secondary N) is 1. The minimum Gasteiger partial charge on any atom is -0.491 e. The lowest BCUT2D eigenvalue weighted by Crippen LogP contribution is -2.20. The Morgan fingerprint density at radius 1 is 1.39 bits per heavy atom. The van der Waals surface area contributed by atoms with E-state index in [1.807, 2.05) is 24.3 Å². The minimum atomic E-state index is -0.0396. The second-order valence-electron chi connectivity index (χ2n) is 3.63. The standard InChI is InChI=1S/C14H17NO3/c1-12(17)15-9-3-2-4-13-5-7-14(8-6-13)18-11-10-16/h5-8,16H,3,9-11H2,1H3,(H,15,17). The van der Waals surface area contributed by atoms with Crippen molar-refractivity contribution in [3.63, 3.8) is 0 Å². The molecule has 18 heavy (non-hydrogen) atoms. The Bertz CT molecular complexity index is 429. The number of benzene rings is 1. The molecule has 0 unspecified atom stereocenters. The number of ether oxygens (including phenoxy) is 1. The number of carbonyl (C=O) groups is 1. The molecule has 0 spiro atoms. The van der Waals surface area contributed by atoms with Crippen LogP contribution in [-0.2, 0) is 4.79 Å². The summed E-state index contributed by atoms with van der Waals surface area (Å²) in [6.45, 7) is 2.35. The van der Waals surface area contributed by atoms with Crippen molar-refractivity contribution < 1.29 is 14.6 Å². The van der Waals surface area contributed by atoms with Crippen molar-refractivity contribution in [1.82, 2.24) is 5.32 Å². The third-order valence-corrected chi connectivity index (χ3v) is 2.07. The summed E-state index contributed by atoms with van der Waals surface area (Å²) in [6.07, 6.45) is 0.627. The summed E-state index contributed by atoms with van der Waals surface area (Å²) in [5, 5.41) is 11.3. The monoisotopic (exact) mass is 247 g/mol. The van der Waals surface area contributed by atoms with Crippen LogP contribution in [0.3, 0.4) is 0 Å². The van der Waals surface area contributed by atoms with Crippen LogP contribution in [0.15, 0.2) is 24.3 Å². The van der Waals surface area contributed by atoms with Crippen molar-refractivity contribution in [1.29, 1.82) is 0 Å². The Kier molecular flexibility index (Phi) is 6.37. The number of rotatable bonds is 5. The highest BCUT2D eigenvalue weighted by Crippen LogP contribution is 2.11. The average Bonchev–Trinajstić information content (AvgIpc) is 2.37. The van der Waals surface area contributed by atoms with Crippen LogP contribution < -0.4 is 10.1 Å². The molecule has 1 rings (SSSR count). The molecule has 1 aromatic carbocycles. The van der Waals surface area contributed by atoms with Crippen molar-refractivity contribution in [2.45, 2.75) is 13.3 Å². The molecule has 4 heteroatoms. The number of carbonyl (C=O) groups excluding carboxylic acids is 1. The Hall–Kier alpha value is -1.99. The quantitative estimate of drug-likeness (QED) is 0.601. The van der Waals surface area contributed by atoms with Gasteiger partial charge in [0.05, 0.1) is 6.61 Å². The summed E-state index contributed by atoms with van der Waals surface area (Å²) in [5.41, 5.74) is 0.897. The van der Waals surface area contributed by atoms with E-state index in [2.05, 4.69) is 17.2 Å². The maximum atomic E-state index is 10.6. The molecule has 1 aromatic rings. The second kappa shape index (κ2) is 8.15. The fourth-order valence-electron chi connectivity index (χ4n) is 1.26. The summed E-state index contributed by atoms with van der Waals surface area (Å²) in [6, 6.07) is 7.34. The Morgan fingerprint density at radius 3 is 2.72 bits per heavy atom. The van der Waals surface area contributed by atoms with E-state index in [4.69, 9.17) is 9.84 Å². The molecule has 0 aliphatic rings. The molecule has 2 N–H and O–H groups in total. The molecule has 0 atom stereocenters. The highest BCUT2D eigenvalue weighted by Gasteiger charge is 1.92. The summed E-state index contributed by atoms with van der Waals surface area (Å²) < 4.78 is 5.23. The van der Waals surface area contributed by atoms with Gasteiger partial charge in [0.1, 0.15) is 12.4 Å². The molecule has 0 saturated heterocycles. The lowest BCUT2D eigenvalue weighted by atomic mass is 10.2. The number of aliphatic hydroxyl groups excluding tert-OH is 1. The maximum Gasteiger partial charge on any atom is 0.216 e. The van der Waals surface area contributed by atoms with E-state index in [0.29, 0.717) is 25.3 Å². The molecular weight excluding hydrogens is 230 g/mol. The van der Waals surface area contributed by atoms with Crippen LogP contribution in [0.2, 0.25) is 0 Å². The topological polar surface area (TPSA) is 58.6 Å². The molecule has 0 aliphatic carbocycles. The summed E-state index contributed by atoms with van der Waals surface area (Å²) in [7, 11) is 0. The van der Waals surface area contributed by atoms with Gasteiger partial charge in [-0.3, -0.25) is 4.79 Å². The Morgan fingerprint density at radius 2 is 2.11 bits per heavy atom. The van der Waals surface area contributed by atoms with Gasteiger partial charge in [0.25, 0.3) is 0 Å². The minimum absolute atomic E-state index is 0.00467. The van der Waals surface area contributed by atoms with E-state index in [-0.39, 0.29) is 12.5 Å². The van der Waals surface area contributed by atoms with Gasteiger partial charge < -0.3 is 15.2 Å². The van der Waals surface area contributed by atoms with Crippen molar-refractivity contribution >= 4 is 5.91 Å². The molecule has 0 bridgehead atoms. The normalized spacial score (nSPS) is 9.22. The summed E-state index contributed by atoms with van der Waals surface area (Å²) in [4.78, 5) is 10.6. The molecule has 0 aromatic heterocycles. The van der Waals surface area contributed by atoms with Crippen LogP contribution in [0.4, 0.5) is 0 Å². The van der Waals surface area contributed by atoms with Crippen molar-refractivity contribution in [3.8, 4) is 17.6 Å². The predicted molar refractivity (Wildman–Crippen MR) is 69.2 cm³/mol. The van der Waals surface area contributed by atoms with Crippen LogP contribution in [-0.4, -0.2) is 30.8 Å². The molecule has 0 radical (unpaired) electrons. The van der Waals surface area contributed by atoms with Gasteiger partial charge in [0.2, 0.25) is 5.91 Å². The fraction of sp³-hybridized carbons (Fsp3) is 0.357. The second-order valence-corrected chi connectivity index (χ2v) is 3.63. The first-order chi connectivity index (χ1) is 8.72. The first kappa shape index (κ1) is 14.1. The zero-order chi connectivity index (χ0) is 13.2. The predicted octanol–water partition coefficient (Wildman–Crippen LogP) is 0.935. The van der Waals surface area contributed by atoms with Gasteiger partial charge in [0, 0.05) is 25.5 Å². The van der Waals surface area contributed by atoms with Crippen LogP contribution in [0.1, 0.15) is 18.9 Å². The van der Waals surface area contributed by atoms with Gasteiger partial charge in [-0.15, -0.1) is 0 Å². The third kappa shape index (κ3) is 5.92. The van der Waals surface area contributed by atoms with Gasteiger partial charge >= 0.3 is 0 Å². The lowest BCUT2D eigenvalue weighted by molar-refractivity contribution is -0.118. The van der Waals surface area contributed by atoms with Crippen LogP contribution in [0.5, 0.6) is 5.75 Å². The number of hydrogen-bond acceptors (Lipinski definition) is 3. The van der Waals surface area contributed by atoms with E-state index < -0.39 is 0 Å². The Labute approximate surface area is 107 Å². The van der Waals surface area contributed by atoms with E-state index in [9.17, 15) is 4.79 Å². The van der Waals surface area contributed by atoms with E-state index in [0.717, 1.165) is 5.56 Å². The molecule has 4 nitrogen and oxygen atoms in total. The van der Waals surface area contributed by atoms with Gasteiger partial charge in [-0.25, -0.2) is 0 Å². The van der Waals surface area contributed by atoms with Gasteiger partial charge in [-0.05, 0) is 24.3 Å². The van der Waals surface area contributed by atoms with Gasteiger partial charge in [0.15, 0.2) is 0 Å². The first-order valence-corrected chi connectivity index (χ1v) is 5.79. The SMILES string of the molecule is CC(=O)NCCC#Cc1ccc(OCCO)cc1.